The molecule has 0 unspecified atom stereocenters. The molecule has 3 rings (SSSR count). The normalized spacial score (nSPS) is 15.1. The molecule has 7 nitrogen and oxygen atoms in total. The van der Waals surface area contributed by atoms with Crippen LogP contribution in [0.4, 0.5) is 11.4 Å². The lowest BCUT2D eigenvalue weighted by Crippen LogP contribution is -2.06. The average molecular weight is 356 g/mol. The number of nitrogens with zero attached hydrogens (tertiary/aromatic N) is 1. The van der Waals surface area contributed by atoms with Gasteiger partial charge in [-0.2, -0.15) is 0 Å². The molecule has 0 radical (unpaired) electrons. The fourth-order valence-corrected chi connectivity index (χ4v) is 3.02. The molecule has 136 valence electrons. The highest BCUT2D eigenvalue weighted by atomic mass is 16.6. The van der Waals surface area contributed by atoms with Gasteiger partial charge in [0.05, 0.1) is 11.5 Å². The third-order valence-corrected chi connectivity index (χ3v) is 4.20. The third-order valence-electron chi connectivity index (χ3n) is 4.20. The summed E-state index contributed by atoms with van der Waals surface area (Å²) in [6, 6.07) is 8.23. The van der Waals surface area contributed by atoms with Gasteiger partial charge in [0.25, 0.3) is 5.69 Å². The minimum absolute atomic E-state index is 0.125. The topological polar surface area (TPSA) is 90.7 Å². The predicted molar refractivity (Wildman–Crippen MR) is 97.2 cm³/mol. The van der Waals surface area contributed by atoms with Crippen LogP contribution in [0.3, 0.4) is 0 Å². The van der Waals surface area contributed by atoms with Gasteiger partial charge in [0, 0.05) is 35.7 Å². The van der Waals surface area contributed by atoms with Gasteiger partial charge in [0.15, 0.2) is 0 Å². The zero-order valence-electron chi connectivity index (χ0n) is 14.7. The monoisotopic (exact) mass is 356 g/mol. The highest BCUT2D eigenvalue weighted by Crippen LogP contribution is 2.36. The molecule has 2 aromatic rings. The van der Waals surface area contributed by atoms with E-state index in [4.69, 9.17) is 9.47 Å². The molecule has 1 heterocycles. The van der Waals surface area contributed by atoms with Crippen molar-refractivity contribution in [3.8, 4) is 11.5 Å². The maximum atomic E-state index is 11.3. The van der Waals surface area contributed by atoms with Gasteiger partial charge >= 0.3 is 0 Å². The molecule has 7 heteroatoms. The first-order valence-electron chi connectivity index (χ1n) is 8.44. The molecule has 1 atom stereocenters. The van der Waals surface area contributed by atoms with Crippen LogP contribution in [0.2, 0.25) is 0 Å². The number of carbonyl (C=O) groups excluding carboxylic acids is 1. The van der Waals surface area contributed by atoms with Gasteiger partial charge < -0.3 is 14.8 Å². The zero-order chi connectivity index (χ0) is 18.7. The standard InChI is InChI=1S/C19H20N2O5/c1-3-25-18-8-14-6-12(2)26-19(14)9-15(18)10-20-16-5-4-13(11-22)7-17(16)21(23)24/h4-5,7-9,11-12,20H,3,6,10H2,1-2H3/t12-/m1/s1. The second-order valence-corrected chi connectivity index (χ2v) is 6.14. The first-order valence-corrected chi connectivity index (χ1v) is 8.44. The van der Waals surface area contributed by atoms with E-state index in [9.17, 15) is 14.9 Å². The van der Waals surface area contributed by atoms with Crippen LogP contribution in [0.5, 0.6) is 11.5 Å². The number of nitro groups is 1. The van der Waals surface area contributed by atoms with Crippen molar-refractivity contribution in [1.29, 1.82) is 0 Å². The van der Waals surface area contributed by atoms with Gasteiger partial charge in [-0.3, -0.25) is 14.9 Å². The Morgan fingerprint density at radius 3 is 2.88 bits per heavy atom. The first-order chi connectivity index (χ1) is 12.5. The fraction of sp³-hybridized carbons (Fsp3) is 0.316. The lowest BCUT2D eigenvalue weighted by molar-refractivity contribution is -0.384. The van der Waals surface area contributed by atoms with Crippen molar-refractivity contribution in [2.45, 2.75) is 32.9 Å². The first kappa shape index (κ1) is 17.7. The molecule has 0 saturated carbocycles. The van der Waals surface area contributed by atoms with Gasteiger partial charge in [0.1, 0.15) is 29.6 Å². The largest absolute Gasteiger partial charge is 0.494 e. The Balaban J connectivity index is 1.87. The van der Waals surface area contributed by atoms with Crippen molar-refractivity contribution in [3.05, 3.63) is 57.1 Å². The number of hydrogen-bond acceptors (Lipinski definition) is 6. The molecule has 26 heavy (non-hydrogen) atoms. The SMILES string of the molecule is CCOc1cc2c(cc1CNc1ccc(C=O)cc1[N+](=O)[O-])O[C@H](C)C2. The van der Waals surface area contributed by atoms with Crippen molar-refractivity contribution >= 4 is 17.7 Å². The highest BCUT2D eigenvalue weighted by Gasteiger charge is 2.22. The van der Waals surface area contributed by atoms with Crippen LogP contribution >= 0.6 is 0 Å². The lowest BCUT2D eigenvalue weighted by Gasteiger charge is -2.14. The Bertz CT molecular complexity index is 850. The van der Waals surface area contributed by atoms with E-state index >= 15 is 0 Å². The molecule has 1 N–H and O–H groups in total. The summed E-state index contributed by atoms with van der Waals surface area (Å²) in [5.74, 6) is 1.56. The van der Waals surface area contributed by atoms with Gasteiger partial charge in [-0.05, 0) is 38.1 Å². The minimum atomic E-state index is -0.508. The van der Waals surface area contributed by atoms with Gasteiger partial charge in [-0.15, -0.1) is 0 Å². The number of rotatable bonds is 7. The Hall–Kier alpha value is -3.09. The second-order valence-electron chi connectivity index (χ2n) is 6.14. The highest BCUT2D eigenvalue weighted by molar-refractivity contribution is 5.79. The number of benzene rings is 2. The Morgan fingerprint density at radius 1 is 1.38 bits per heavy atom. The van der Waals surface area contributed by atoms with Crippen LogP contribution in [0.1, 0.15) is 35.3 Å². The number of aldehydes is 1. The van der Waals surface area contributed by atoms with Crippen LogP contribution in [0.15, 0.2) is 30.3 Å². The molecule has 1 aliphatic heterocycles. The molecule has 0 aromatic heterocycles. The summed E-state index contributed by atoms with van der Waals surface area (Å²) in [7, 11) is 0. The van der Waals surface area contributed by atoms with Gasteiger partial charge in [-0.1, -0.05) is 0 Å². The molecule has 0 spiro atoms. The van der Waals surface area contributed by atoms with Crippen molar-refractivity contribution in [2.24, 2.45) is 0 Å². The van der Waals surface area contributed by atoms with Crippen LogP contribution < -0.4 is 14.8 Å². The number of fused-ring (bicyclic) bond motifs is 1. The molecule has 0 bridgehead atoms. The number of anilines is 1. The molecule has 0 amide bonds. The van der Waals surface area contributed by atoms with E-state index < -0.39 is 4.92 Å². The summed E-state index contributed by atoms with van der Waals surface area (Å²) in [4.78, 5) is 21.6. The maximum Gasteiger partial charge on any atom is 0.293 e. The van der Waals surface area contributed by atoms with E-state index in [1.807, 2.05) is 26.0 Å². The third kappa shape index (κ3) is 3.61. The van der Waals surface area contributed by atoms with Crippen LogP contribution in [-0.2, 0) is 13.0 Å². The second kappa shape index (κ2) is 7.43. The Morgan fingerprint density at radius 2 is 2.19 bits per heavy atom. The fourth-order valence-electron chi connectivity index (χ4n) is 3.02. The minimum Gasteiger partial charge on any atom is -0.494 e. The summed E-state index contributed by atoms with van der Waals surface area (Å²) in [5.41, 5.74) is 2.42. The molecule has 1 aliphatic rings. The summed E-state index contributed by atoms with van der Waals surface area (Å²) in [5, 5.41) is 14.3. The molecule has 0 fully saturated rings. The summed E-state index contributed by atoms with van der Waals surface area (Å²) in [6.07, 6.45) is 1.55. The molecule has 0 saturated heterocycles. The zero-order valence-corrected chi connectivity index (χ0v) is 14.7. The van der Waals surface area contributed by atoms with E-state index in [1.54, 1.807) is 6.07 Å². The van der Waals surface area contributed by atoms with E-state index in [0.717, 1.165) is 29.0 Å². The number of carbonyl (C=O) groups is 1. The van der Waals surface area contributed by atoms with E-state index in [0.29, 0.717) is 25.1 Å². The van der Waals surface area contributed by atoms with Crippen LogP contribution in [0.25, 0.3) is 0 Å². The lowest BCUT2D eigenvalue weighted by atomic mass is 10.1. The van der Waals surface area contributed by atoms with E-state index in [-0.39, 0.29) is 17.4 Å². The van der Waals surface area contributed by atoms with E-state index in [2.05, 4.69) is 5.32 Å². The summed E-state index contributed by atoms with van der Waals surface area (Å²) in [6.45, 7) is 4.78. The Labute approximate surface area is 151 Å². The quantitative estimate of drug-likeness (QED) is 0.462. The van der Waals surface area contributed by atoms with Crippen LogP contribution in [-0.4, -0.2) is 23.9 Å². The number of nitro benzene ring substituents is 1. The number of nitrogens with one attached hydrogen (secondary N) is 1. The maximum absolute atomic E-state index is 11.3. The smallest absolute Gasteiger partial charge is 0.293 e. The molecule has 2 aromatic carbocycles. The van der Waals surface area contributed by atoms with Crippen molar-refractivity contribution in [1.82, 2.24) is 0 Å². The predicted octanol–water partition coefficient (Wildman–Crippen LogP) is 3.74. The van der Waals surface area contributed by atoms with Gasteiger partial charge in [0.2, 0.25) is 0 Å². The van der Waals surface area contributed by atoms with Crippen LogP contribution in [0, 0.1) is 10.1 Å². The Kier molecular flexibility index (Phi) is 5.06. The van der Waals surface area contributed by atoms with Crippen molar-refractivity contribution in [2.75, 3.05) is 11.9 Å². The number of hydrogen-bond donors (Lipinski definition) is 1. The van der Waals surface area contributed by atoms with Crippen molar-refractivity contribution < 1.29 is 19.2 Å². The average Bonchev–Trinajstić information content (AvgIpc) is 2.98. The summed E-state index contributed by atoms with van der Waals surface area (Å²) >= 11 is 0. The van der Waals surface area contributed by atoms with E-state index in [1.165, 1.54) is 12.1 Å². The summed E-state index contributed by atoms with van der Waals surface area (Å²) < 4.78 is 11.5. The molecular formula is C19H20N2O5. The van der Waals surface area contributed by atoms with Gasteiger partial charge in [-0.25, -0.2) is 0 Å². The molecule has 0 aliphatic carbocycles. The van der Waals surface area contributed by atoms with Crippen molar-refractivity contribution in [3.63, 3.8) is 0 Å². The number of ether oxygens (including phenoxy) is 2. The molecular weight excluding hydrogens is 336 g/mol.